The topological polar surface area (TPSA) is 9.23 Å². The largest absolute Gasteiger partial charge is 0.373 e. The Labute approximate surface area is 87.6 Å². The summed E-state index contributed by atoms with van der Waals surface area (Å²) >= 11 is 1.79. The lowest BCUT2D eigenvalue weighted by molar-refractivity contribution is 0.213. The smallest absolute Gasteiger partial charge is 0.0652 e. The van der Waals surface area contributed by atoms with Crippen molar-refractivity contribution in [2.75, 3.05) is 13.2 Å². The summed E-state index contributed by atoms with van der Waals surface area (Å²) in [6.07, 6.45) is 4.03. The van der Waals surface area contributed by atoms with Crippen molar-refractivity contribution in [3.63, 3.8) is 0 Å². The molecule has 0 radical (unpaired) electrons. The van der Waals surface area contributed by atoms with Crippen LogP contribution in [0.15, 0.2) is 47.9 Å². The van der Waals surface area contributed by atoms with E-state index in [1.165, 1.54) is 10.1 Å². The van der Waals surface area contributed by atoms with E-state index in [2.05, 4.69) is 35.7 Å². The molecule has 0 spiro atoms. The minimum atomic E-state index is 0.819. The summed E-state index contributed by atoms with van der Waals surface area (Å²) in [7, 11) is 0. The molecule has 72 valence electrons. The number of hydrogen-bond donors (Lipinski definition) is 0. The number of thiophene rings is 1. The molecule has 2 heteroatoms. The molecule has 1 aliphatic heterocycles. The van der Waals surface area contributed by atoms with Gasteiger partial charge < -0.3 is 4.74 Å². The molecule has 0 aliphatic carbocycles. The van der Waals surface area contributed by atoms with Crippen LogP contribution in [-0.2, 0) is 4.74 Å². The van der Waals surface area contributed by atoms with Gasteiger partial charge >= 0.3 is 0 Å². The maximum absolute atomic E-state index is 4.83. The predicted octanol–water partition coefficient (Wildman–Crippen LogP) is 3.47. The van der Waals surface area contributed by atoms with Gasteiger partial charge in [0.25, 0.3) is 0 Å². The first-order valence-electron chi connectivity index (χ1n) is 4.62. The molecule has 14 heavy (non-hydrogen) atoms. The van der Waals surface area contributed by atoms with Gasteiger partial charge in [-0.3, -0.25) is 0 Å². The van der Waals surface area contributed by atoms with Crippen LogP contribution in [0.5, 0.6) is 0 Å². The Hall–Kier alpha value is -1.12. The van der Waals surface area contributed by atoms with Crippen LogP contribution in [-0.4, -0.2) is 13.2 Å². The first kappa shape index (κ1) is 9.44. The van der Waals surface area contributed by atoms with Gasteiger partial charge in [0.2, 0.25) is 0 Å². The van der Waals surface area contributed by atoms with Gasteiger partial charge in [0.15, 0.2) is 0 Å². The molecule has 1 nitrogen and oxygen atoms in total. The van der Waals surface area contributed by atoms with Gasteiger partial charge in [0, 0.05) is 4.70 Å². The molecule has 1 aliphatic rings. The molecule has 0 saturated carbocycles. The fraction of sp³-hybridized carbons (Fsp3) is 0.167. The number of hydrogen-bond acceptors (Lipinski definition) is 2. The third kappa shape index (κ3) is 2.44. The Morgan fingerprint density at radius 3 is 2.43 bits per heavy atom. The zero-order valence-corrected chi connectivity index (χ0v) is 8.67. The van der Waals surface area contributed by atoms with Gasteiger partial charge in [-0.2, -0.15) is 0 Å². The molecule has 0 unspecified atom stereocenters. The molecule has 2 heterocycles. The van der Waals surface area contributed by atoms with E-state index in [1.54, 1.807) is 11.3 Å². The lowest BCUT2D eigenvalue weighted by atomic mass is 10.3. The highest BCUT2D eigenvalue weighted by Gasteiger charge is 1.87. The van der Waals surface area contributed by atoms with E-state index in [1.807, 2.05) is 12.2 Å². The molecular weight excluding hydrogens is 192 g/mol. The van der Waals surface area contributed by atoms with Crippen LogP contribution in [0.2, 0.25) is 0 Å². The monoisotopic (exact) mass is 204 g/mol. The normalized spacial score (nSPS) is 14.0. The Bertz CT molecular complexity index is 381. The average Bonchev–Trinajstić information content (AvgIpc) is 2.92. The SMILES string of the molecule is C1=CCOC1.c1ccc2sccc2c1. The maximum atomic E-state index is 4.83. The fourth-order valence-corrected chi connectivity index (χ4v) is 2.04. The molecule has 1 aromatic carbocycles. The first-order valence-corrected chi connectivity index (χ1v) is 5.50. The van der Waals surface area contributed by atoms with Gasteiger partial charge in [-0.25, -0.2) is 0 Å². The zero-order chi connectivity index (χ0) is 9.64. The second kappa shape index (κ2) is 4.94. The number of fused-ring (bicyclic) bond motifs is 1. The molecule has 0 saturated heterocycles. The molecular formula is C12H12OS. The van der Waals surface area contributed by atoms with Crippen LogP contribution in [0.1, 0.15) is 0 Å². The summed E-state index contributed by atoms with van der Waals surface area (Å²) in [5, 5.41) is 3.47. The van der Waals surface area contributed by atoms with E-state index < -0.39 is 0 Å². The maximum Gasteiger partial charge on any atom is 0.0652 e. The molecule has 0 fully saturated rings. The highest BCUT2D eigenvalue weighted by Crippen LogP contribution is 2.18. The summed E-state index contributed by atoms with van der Waals surface area (Å²) in [6, 6.07) is 10.5. The van der Waals surface area contributed by atoms with Crippen LogP contribution in [0, 0.1) is 0 Å². The summed E-state index contributed by atoms with van der Waals surface area (Å²) in [4.78, 5) is 0. The molecule has 0 bridgehead atoms. The Morgan fingerprint density at radius 1 is 1.00 bits per heavy atom. The molecule has 0 amide bonds. The number of ether oxygens (including phenoxy) is 1. The molecule has 0 N–H and O–H groups in total. The summed E-state index contributed by atoms with van der Waals surface area (Å²) in [5.41, 5.74) is 0. The highest BCUT2D eigenvalue weighted by molar-refractivity contribution is 7.17. The fourth-order valence-electron chi connectivity index (χ4n) is 1.25. The van der Waals surface area contributed by atoms with Crippen molar-refractivity contribution in [2.24, 2.45) is 0 Å². The molecule has 3 rings (SSSR count). The van der Waals surface area contributed by atoms with E-state index in [-0.39, 0.29) is 0 Å². The third-order valence-electron chi connectivity index (χ3n) is 1.96. The lowest BCUT2D eigenvalue weighted by Crippen LogP contribution is -1.76. The average molecular weight is 204 g/mol. The van der Waals surface area contributed by atoms with E-state index in [4.69, 9.17) is 4.74 Å². The van der Waals surface area contributed by atoms with Crippen LogP contribution in [0.3, 0.4) is 0 Å². The van der Waals surface area contributed by atoms with Crippen LogP contribution < -0.4 is 0 Å². The minimum absolute atomic E-state index is 0.819. The van der Waals surface area contributed by atoms with Gasteiger partial charge in [-0.15, -0.1) is 11.3 Å². The van der Waals surface area contributed by atoms with Crippen molar-refractivity contribution < 1.29 is 4.74 Å². The molecule has 1 aromatic heterocycles. The second-order valence-corrected chi connectivity index (χ2v) is 3.91. The first-order chi connectivity index (χ1) is 6.97. The third-order valence-corrected chi connectivity index (χ3v) is 2.85. The van der Waals surface area contributed by atoms with Gasteiger partial charge in [0.1, 0.15) is 0 Å². The Kier molecular flexibility index (Phi) is 3.33. The Morgan fingerprint density at radius 2 is 1.79 bits per heavy atom. The van der Waals surface area contributed by atoms with Crippen molar-refractivity contribution in [3.05, 3.63) is 47.9 Å². The van der Waals surface area contributed by atoms with Gasteiger partial charge in [-0.1, -0.05) is 30.4 Å². The van der Waals surface area contributed by atoms with Gasteiger partial charge in [0.05, 0.1) is 13.2 Å². The Balaban J connectivity index is 0.000000128. The number of rotatable bonds is 0. The molecule has 2 aromatic rings. The van der Waals surface area contributed by atoms with Crippen LogP contribution in [0.4, 0.5) is 0 Å². The van der Waals surface area contributed by atoms with E-state index in [0.717, 1.165) is 13.2 Å². The van der Waals surface area contributed by atoms with Crippen molar-refractivity contribution >= 4 is 21.4 Å². The van der Waals surface area contributed by atoms with Crippen LogP contribution in [0.25, 0.3) is 10.1 Å². The number of benzene rings is 1. The minimum Gasteiger partial charge on any atom is -0.373 e. The van der Waals surface area contributed by atoms with E-state index in [9.17, 15) is 0 Å². The van der Waals surface area contributed by atoms with Crippen molar-refractivity contribution in [1.82, 2.24) is 0 Å². The predicted molar refractivity (Wildman–Crippen MR) is 61.8 cm³/mol. The van der Waals surface area contributed by atoms with Crippen molar-refractivity contribution in [1.29, 1.82) is 0 Å². The highest BCUT2D eigenvalue weighted by atomic mass is 32.1. The van der Waals surface area contributed by atoms with Gasteiger partial charge in [-0.05, 0) is 22.9 Å². The standard InChI is InChI=1S/C8H6S.C4H6O/c1-2-4-8-7(3-1)5-6-9-8;1-2-4-5-3-1/h1-6H;1-2H,3-4H2. The van der Waals surface area contributed by atoms with Crippen LogP contribution >= 0.6 is 11.3 Å². The quantitative estimate of drug-likeness (QED) is 0.597. The van der Waals surface area contributed by atoms with Crippen molar-refractivity contribution in [2.45, 2.75) is 0 Å². The lowest BCUT2D eigenvalue weighted by Gasteiger charge is -1.82. The van der Waals surface area contributed by atoms with E-state index in [0.29, 0.717) is 0 Å². The molecule has 0 atom stereocenters. The zero-order valence-electron chi connectivity index (χ0n) is 7.85. The van der Waals surface area contributed by atoms with Crippen molar-refractivity contribution in [3.8, 4) is 0 Å². The second-order valence-electron chi connectivity index (χ2n) is 2.97. The summed E-state index contributed by atoms with van der Waals surface area (Å²) in [6.45, 7) is 1.64. The van der Waals surface area contributed by atoms with E-state index >= 15 is 0 Å². The summed E-state index contributed by atoms with van der Waals surface area (Å²) in [5.74, 6) is 0. The summed E-state index contributed by atoms with van der Waals surface area (Å²) < 4.78 is 6.21.